The van der Waals surface area contributed by atoms with Gasteiger partial charge in [-0.25, -0.2) is 4.98 Å². The number of aryl methyl sites for hydroxylation is 3. The molecule has 2 aromatic heterocycles. The van der Waals surface area contributed by atoms with E-state index >= 15 is 0 Å². The third-order valence-electron chi connectivity index (χ3n) is 17.8. The molecule has 0 spiro atoms. The van der Waals surface area contributed by atoms with Gasteiger partial charge in [0.15, 0.2) is 0 Å². The van der Waals surface area contributed by atoms with E-state index in [-0.39, 0.29) is 61.2 Å². The fourth-order valence-corrected chi connectivity index (χ4v) is 13.3. The Balaban J connectivity index is 0.692. The molecular formula is C69H96N10O8S. The van der Waals surface area contributed by atoms with Gasteiger partial charge in [-0.1, -0.05) is 101 Å². The first kappa shape index (κ1) is 67.2. The van der Waals surface area contributed by atoms with Gasteiger partial charge in [-0.2, -0.15) is 0 Å². The van der Waals surface area contributed by atoms with Crippen LogP contribution in [-0.4, -0.2) is 149 Å². The maximum Gasteiger partial charge on any atom is 0.253 e. The Bertz CT molecular complexity index is 3200. The third-order valence-corrected chi connectivity index (χ3v) is 18.7. The van der Waals surface area contributed by atoms with Crippen LogP contribution in [0, 0.1) is 33.1 Å². The van der Waals surface area contributed by atoms with Crippen LogP contribution in [0.3, 0.4) is 0 Å². The van der Waals surface area contributed by atoms with E-state index in [1.54, 1.807) is 11.3 Å². The number of hydrogen-bond donors (Lipinski definition) is 6. The number of amides is 5. The first-order valence-electron chi connectivity index (χ1n) is 32.1. The van der Waals surface area contributed by atoms with Crippen molar-refractivity contribution in [1.29, 1.82) is 0 Å². The van der Waals surface area contributed by atoms with Crippen LogP contribution in [0.2, 0.25) is 0 Å². The van der Waals surface area contributed by atoms with Crippen LogP contribution in [0.5, 0.6) is 0 Å². The van der Waals surface area contributed by atoms with E-state index in [4.69, 9.17) is 4.74 Å². The SMILES string of the molecule is CCN(c1cc(-c2ccc(CN3CCN(CCC(=O)NCCCCCCCCCC(=O)N[C@H](C(=O)N4C[C@H](O)C[C@H]4C(=O)NCc4ccc(-c5scnc5C)cc4)C(C)(C)C)CC3)cc2)cc(C(=O)NCc2c(C)cc(C)[nH]c2=O)c1C)C1CCOCC1. The Hall–Kier alpha value is -6.77. The number of rotatable bonds is 28. The number of β-amino-alcohol motifs (C(OH)–C–C–N with tert-alkyl or cyclic N) is 1. The van der Waals surface area contributed by atoms with Gasteiger partial charge in [0, 0.05) is 133 Å². The van der Waals surface area contributed by atoms with Crippen LogP contribution in [0.1, 0.15) is 154 Å². The molecule has 5 heterocycles. The van der Waals surface area contributed by atoms with Crippen LogP contribution >= 0.6 is 11.3 Å². The lowest BCUT2D eigenvalue weighted by Gasteiger charge is -2.37. The number of nitrogens with one attached hydrogen (secondary N) is 5. The molecule has 476 valence electrons. The van der Waals surface area contributed by atoms with Gasteiger partial charge in [-0.15, -0.1) is 11.3 Å². The Kier molecular flexibility index (Phi) is 24.5. The van der Waals surface area contributed by atoms with E-state index < -0.39 is 23.6 Å². The number of aliphatic hydroxyl groups excluding tert-OH is 1. The van der Waals surface area contributed by atoms with E-state index in [1.165, 1.54) is 10.5 Å². The molecule has 3 saturated heterocycles. The first-order valence-corrected chi connectivity index (χ1v) is 33.0. The average molecular weight is 1230 g/mol. The lowest BCUT2D eigenvalue weighted by Crippen LogP contribution is -2.57. The number of anilines is 1. The Labute approximate surface area is 525 Å². The Morgan fingerprint density at radius 2 is 1.43 bits per heavy atom. The van der Waals surface area contributed by atoms with Crippen LogP contribution in [-0.2, 0) is 43.5 Å². The summed E-state index contributed by atoms with van der Waals surface area (Å²) in [6, 6.07) is 21.4. The van der Waals surface area contributed by atoms with Gasteiger partial charge in [-0.3, -0.25) is 33.7 Å². The van der Waals surface area contributed by atoms with Gasteiger partial charge < -0.3 is 50.8 Å². The number of hydrogen-bond acceptors (Lipinski definition) is 13. The zero-order chi connectivity index (χ0) is 62.9. The molecule has 5 aromatic rings. The van der Waals surface area contributed by atoms with Gasteiger partial charge in [0.05, 0.1) is 22.2 Å². The highest BCUT2D eigenvalue weighted by atomic mass is 32.1. The van der Waals surface area contributed by atoms with Crippen molar-refractivity contribution < 1.29 is 33.8 Å². The molecule has 18 nitrogen and oxygen atoms in total. The minimum absolute atomic E-state index is 0.0277. The van der Waals surface area contributed by atoms with Crippen molar-refractivity contribution in [2.24, 2.45) is 5.41 Å². The number of carbonyl (C=O) groups is 5. The highest BCUT2D eigenvalue weighted by Crippen LogP contribution is 2.35. The van der Waals surface area contributed by atoms with Crippen molar-refractivity contribution in [2.75, 3.05) is 70.5 Å². The zero-order valence-electron chi connectivity index (χ0n) is 53.4. The topological polar surface area (TPSA) is 222 Å². The maximum absolute atomic E-state index is 14.1. The second-order valence-corrected chi connectivity index (χ2v) is 26.4. The molecule has 8 rings (SSSR count). The molecule has 88 heavy (non-hydrogen) atoms. The van der Waals surface area contributed by atoms with Gasteiger partial charge in [-0.05, 0) is 123 Å². The Morgan fingerprint density at radius 1 is 0.773 bits per heavy atom. The highest BCUT2D eigenvalue weighted by Gasteiger charge is 2.44. The van der Waals surface area contributed by atoms with E-state index in [2.05, 4.69) is 83.2 Å². The molecule has 0 aliphatic carbocycles. The van der Waals surface area contributed by atoms with Crippen molar-refractivity contribution >= 4 is 46.6 Å². The summed E-state index contributed by atoms with van der Waals surface area (Å²) in [5.41, 5.74) is 11.9. The lowest BCUT2D eigenvalue weighted by atomic mass is 9.85. The summed E-state index contributed by atoms with van der Waals surface area (Å²) in [6.07, 6.45) is 8.56. The molecule has 0 saturated carbocycles. The molecule has 19 heteroatoms. The zero-order valence-corrected chi connectivity index (χ0v) is 54.2. The number of aromatic nitrogens is 2. The van der Waals surface area contributed by atoms with E-state index in [0.717, 1.165) is 166 Å². The summed E-state index contributed by atoms with van der Waals surface area (Å²) < 4.78 is 5.72. The number of carbonyl (C=O) groups excluding carboxylic acids is 5. The third kappa shape index (κ3) is 18.7. The summed E-state index contributed by atoms with van der Waals surface area (Å²) in [5, 5.41) is 22.8. The van der Waals surface area contributed by atoms with E-state index in [9.17, 15) is 33.9 Å². The van der Waals surface area contributed by atoms with Gasteiger partial charge in [0.1, 0.15) is 12.1 Å². The second kappa shape index (κ2) is 32.1. The second-order valence-electron chi connectivity index (χ2n) is 25.5. The number of ether oxygens (including phenoxy) is 1. The predicted molar refractivity (Wildman–Crippen MR) is 349 cm³/mol. The minimum atomic E-state index is -0.859. The van der Waals surface area contributed by atoms with Crippen molar-refractivity contribution in [2.45, 2.75) is 176 Å². The van der Waals surface area contributed by atoms with Crippen LogP contribution in [0.25, 0.3) is 21.6 Å². The summed E-state index contributed by atoms with van der Waals surface area (Å²) in [7, 11) is 0. The largest absolute Gasteiger partial charge is 0.391 e. The lowest BCUT2D eigenvalue weighted by molar-refractivity contribution is -0.144. The van der Waals surface area contributed by atoms with Gasteiger partial charge in [0.2, 0.25) is 23.6 Å². The average Bonchev–Trinajstić information content (AvgIpc) is 3.10. The van der Waals surface area contributed by atoms with Crippen molar-refractivity contribution in [3.05, 3.63) is 127 Å². The van der Waals surface area contributed by atoms with Crippen molar-refractivity contribution in [3.8, 4) is 21.6 Å². The summed E-state index contributed by atoms with van der Waals surface area (Å²) in [6.45, 7) is 24.2. The van der Waals surface area contributed by atoms with Crippen molar-refractivity contribution in [3.63, 3.8) is 0 Å². The number of nitrogens with zero attached hydrogens (tertiary/aromatic N) is 5. The number of aromatic amines is 1. The molecule has 3 aliphatic rings. The van der Waals surface area contributed by atoms with E-state index in [1.807, 2.05) is 90.4 Å². The summed E-state index contributed by atoms with van der Waals surface area (Å²) >= 11 is 1.58. The van der Waals surface area contributed by atoms with Crippen LogP contribution in [0.4, 0.5) is 5.69 Å². The number of pyridine rings is 1. The number of H-pyrrole nitrogens is 1. The molecule has 3 fully saturated rings. The molecule has 0 bridgehead atoms. The molecule has 3 aromatic carbocycles. The number of piperazine rings is 1. The summed E-state index contributed by atoms with van der Waals surface area (Å²) in [4.78, 5) is 97.5. The fraction of sp³-hybridized carbons (Fsp3) is 0.551. The molecule has 5 amide bonds. The first-order chi connectivity index (χ1) is 42.3. The standard InChI is InChI=1S/C69H96N10O8S/c1-9-78(55-27-35-87-36-28-55)59-39-54(38-57(48(59)4)65(83)72-42-58-46(2)37-47(3)74-66(58)84)52-22-20-51(21-23-52)43-77-33-31-76(32-34-77)30-26-61(81)70-29-16-14-12-10-11-13-15-17-62(82)75-64(69(6,7)8)68(86)79-44-56(80)40-60(79)67(85)71-41-50-18-24-53(25-19-50)63-49(5)73-45-88-63/h18-25,37-39,45,55-56,60,64,80H,9-17,26-36,40-44H2,1-8H3,(H,70,81)(H,71,85)(H,72,83)(H,74,84)(H,75,82)/t56-,60+,64-/m1/s1. The van der Waals surface area contributed by atoms with Gasteiger partial charge >= 0.3 is 0 Å². The normalized spacial score (nSPS) is 17.2. The maximum atomic E-state index is 14.1. The molecule has 3 aliphatic heterocycles. The number of unbranched alkanes of at least 4 members (excludes halogenated alkanes) is 6. The number of benzene rings is 3. The molecule has 0 unspecified atom stereocenters. The predicted octanol–water partition coefficient (Wildman–Crippen LogP) is 8.89. The van der Waals surface area contributed by atoms with Crippen LogP contribution < -0.4 is 31.7 Å². The quantitative estimate of drug-likeness (QED) is 0.0259. The minimum Gasteiger partial charge on any atom is -0.391 e. The van der Waals surface area contributed by atoms with Crippen LogP contribution in [0.15, 0.2) is 77.0 Å². The van der Waals surface area contributed by atoms with Gasteiger partial charge in [0.25, 0.3) is 11.5 Å². The number of likely N-dealkylation sites (tertiary alicyclic amines) is 1. The summed E-state index contributed by atoms with van der Waals surface area (Å²) in [5.74, 6) is -1.02. The highest BCUT2D eigenvalue weighted by molar-refractivity contribution is 7.13. The smallest absolute Gasteiger partial charge is 0.253 e. The fourth-order valence-electron chi connectivity index (χ4n) is 12.5. The molecule has 3 atom stereocenters. The van der Waals surface area contributed by atoms with E-state index in [0.29, 0.717) is 43.0 Å². The monoisotopic (exact) mass is 1220 g/mol. The molecule has 0 radical (unpaired) electrons. The Morgan fingerprint density at radius 3 is 2.09 bits per heavy atom. The number of aliphatic hydroxyl groups is 1. The van der Waals surface area contributed by atoms with Crippen molar-refractivity contribution in [1.82, 2.24) is 45.9 Å². The molecule has 6 N–H and O–H groups in total. The molecular weight excluding hydrogens is 1130 g/mol. The number of thiazole rings is 1.